The van der Waals surface area contributed by atoms with Crippen LogP contribution in [0.1, 0.15) is 32.1 Å². The van der Waals surface area contributed by atoms with E-state index in [1.165, 1.54) is 0 Å². The van der Waals surface area contributed by atoms with Gasteiger partial charge in [0, 0.05) is 12.8 Å². The van der Waals surface area contributed by atoms with Gasteiger partial charge in [0.15, 0.2) is 0 Å². The fourth-order valence-corrected chi connectivity index (χ4v) is 2.61. The van der Waals surface area contributed by atoms with Crippen molar-refractivity contribution < 1.29 is 18.8 Å². The number of hydrogen-bond donors (Lipinski definition) is 2. The van der Waals surface area contributed by atoms with Crippen LogP contribution in [0, 0.1) is 11.8 Å². The van der Waals surface area contributed by atoms with Crippen molar-refractivity contribution >= 4 is 7.12 Å². The molecule has 0 amide bonds. The second-order valence-electron chi connectivity index (χ2n) is 4.67. The van der Waals surface area contributed by atoms with E-state index in [0.29, 0.717) is 18.8 Å². The molecule has 2 saturated carbocycles. The molecule has 0 spiro atoms. The maximum absolute atomic E-state index is 12.8. The minimum atomic E-state index is -2.47. The van der Waals surface area contributed by atoms with Crippen molar-refractivity contribution in [2.75, 3.05) is 0 Å². The summed E-state index contributed by atoms with van der Waals surface area (Å²) in [6, 6.07) is 0. The molecule has 0 aliphatic heterocycles. The van der Waals surface area contributed by atoms with Crippen LogP contribution in [-0.2, 0) is 0 Å². The average Bonchev–Trinajstić information content (AvgIpc) is 2.83. The van der Waals surface area contributed by atoms with Gasteiger partial charge in [-0.3, -0.25) is 0 Å². The highest BCUT2D eigenvalue weighted by molar-refractivity contribution is 6.44. The first-order valence-corrected chi connectivity index (χ1v) is 5.23. The molecule has 0 aromatic carbocycles. The average molecular weight is 204 g/mol. The van der Waals surface area contributed by atoms with Gasteiger partial charge < -0.3 is 10.0 Å². The fraction of sp³-hybridized carbons (Fsp3) is 1.00. The Bertz CT molecular complexity index is 213. The zero-order chi connectivity index (χ0) is 10.3. The molecule has 0 bridgehead atoms. The quantitative estimate of drug-likeness (QED) is 0.671. The van der Waals surface area contributed by atoms with Gasteiger partial charge in [0.05, 0.1) is 0 Å². The van der Waals surface area contributed by atoms with Crippen LogP contribution in [0.15, 0.2) is 0 Å². The van der Waals surface area contributed by atoms with Gasteiger partial charge in [-0.1, -0.05) is 0 Å². The number of rotatable bonds is 2. The summed E-state index contributed by atoms with van der Waals surface area (Å²) in [5, 5.41) is 17.8. The second kappa shape index (κ2) is 3.45. The Kier molecular flexibility index (Phi) is 2.56. The lowest BCUT2D eigenvalue weighted by molar-refractivity contribution is -0.0480. The highest BCUT2D eigenvalue weighted by atomic mass is 19.3. The van der Waals surface area contributed by atoms with E-state index >= 15 is 0 Å². The molecule has 2 nitrogen and oxygen atoms in total. The Balaban J connectivity index is 1.80. The van der Waals surface area contributed by atoms with E-state index in [1.807, 2.05) is 0 Å². The lowest BCUT2D eigenvalue weighted by atomic mass is 9.76. The summed E-state index contributed by atoms with van der Waals surface area (Å²) in [5.74, 6) is -1.95. The molecule has 2 N–H and O–H groups in total. The molecule has 0 aromatic heterocycles. The highest BCUT2D eigenvalue weighted by Crippen LogP contribution is 2.55. The monoisotopic (exact) mass is 204 g/mol. The number of halogens is 2. The number of hydrogen-bond acceptors (Lipinski definition) is 2. The van der Waals surface area contributed by atoms with E-state index in [0.717, 1.165) is 6.42 Å². The third-order valence-electron chi connectivity index (χ3n) is 3.64. The van der Waals surface area contributed by atoms with Crippen LogP contribution in [-0.4, -0.2) is 23.1 Å². The lowest BCUT2D eigenvalue weighted by Crippen LogP contribution is -2.26. The minimum Gasteiger partial charge on any atom is -0.427 e. The zero-order valence-corrected chi connectivity index (χ0v) is 8.00. The molecular formula is C9H15BF2O2. The highest BCUT2D eigenvalue weighted by Gasteiger charge is 2.51. The predicted octanol–water partition coefficient (Wildman–Crippen LogP) is 1.67. The summed E-state index contributed by atoms with van der Waals surface area (Å²) in [4.78, 5) is 0. The largest absolute Gasteiger partial charge is 0.455 e. The first-order valence-electron chi connectivity index (χ1n) is 5.23. The molecule has 14 heavy (non-hydrogen) atoms. The van der Waals surface area contributed by atoms with Gasteiger partial charge >= 0.3 is 7.12 Å². The molecule has 80 valence electrons. The van der Waals surface area contributed by atoms with Crippen LogP contribution in [0.4, 0.5) is 8.78 Å². The van der Waals surface area contributed by atoms with E-state index in [1.54, 1.807) is 0 Å². The third-order valence-corrected chi connectivity index (χ3v) is 3.64. The second-order valence-corrected chi connectivity index (χ2v) is 4.67. The molecule has 0 saturated heterocycles. The molecule has 0 aromatic rings. The van der Waals surface area contributed by atoms with E-state index in [2.05, 4.69) is 0 Å². The SMILES string of the molecule is OB(O)[C@@H]1C[C@H]1C1CCC(F)(F)CC1. The van der Waals surface area contributed by atoms with Gasteiger partial charge in [0.25, 0.3) is 0 Å². The maximum Gasteiger partial charge on any atom is 0.455 e. The molecule has 0 heterocycles. The van der Waals surface area contributed by atoms with Crippen LogP contribution in [0.2, 0.25) is 5.82 Å². The third kappa shape index (κ3) is 2.09. The van der Waals surface area contributed by atoms with E-state index < -0.39 is 13.0 Å². The Hall–Kier alpha value is -0.155. The van der Waals surface area contributed by atoms with Crippen LogP contribution in [0.25, 0.3) is 0 Å². The Morgan fingerprint density at radius 3 is 2.14 bits per heavy atom. The molecule has 2 rings (SSSR count). The summed E-state index contributed by atoms with van der Waals surface area (Å²) >= 11 is 0. The standard InChI is InChI=1S/C9H15BF2O2/c11-9(12)3-1-6(2-4-9)7-5-8(7)10(13)14/h6-8,13-14H,1-5H2/t7-,8+/m0/s1. The summed E-state index contributed by atoms with van der Waals surface area (Å²) < 4.78 is 25.6. The van der Waals surface area contributed by atoms with Crippen molar-refractivity contribution in [3.63, 3.8) is 0 Å². The van der Waals surface area contributed by atoms with E-state index in [-0.39, 0.29) is 24.6 Å². The number of alkyl halides is 2. The summed E-state index contributed by atoms with van der Waals surface area (Å²) in [6.07, 6.45) is 1.83. The Morgan fingerprint density at radius 2 is 1.71 bits per heavy atom. The molecule has 0 unspecified atom stereocenters. The van der Waals surface area contributed by atoms with E-state index in [4.69, 9.17) is 10.0 Å². The van der Waals surface area contributed by atoms with Crippen molar-refractivity contribution in [1.29, 1.82) is 0 Å². The molecule has 0 radical (unpaired) electrons. The van der Waals surface area contributed by atoms with Gasteiger partial charge in [-0.05, 0) is 36.9 Å². The summed E-state index contributed by atoms with van der Waals surface area (Å²) in [5.41, 5.74) is 0. The van der Waals surface area contributed by atoms with Crippen molar-refractivity contribution in [1.82, 2.24) is 0 Å². The van der Waals surface area contributed by atoms with Gasteiger partial charge in [-0.2, -0.15) is 0 Å². The molecule has 2 aliphatic carbocycles. The van der Waals surface area contributed by atoms with Crippen LogP contribution >= 0.6 is 0 Å². The fourth-order valence-electron chi connectivity index (χ4n) is 2.61. The van der Waals surface area contributed by atoms with Crippen LogP contribution < -0.4 is 0 Å². The lowest BCUT2D eigenvalue weighted by Gasteiger charge is -2.28. The van der Waals surface area contributed by atoms with Gasteiger partial charge in [0.2, 0.25) is 5.92 Å². The topological polar surface area (TPSA) is 40.5 Å². The first kappa shape index (κ1) is 10.4. The molecule has 2 aliphatic rings. The molecular weight excluding hydrogens is 189 g/mol. The van der Waals surface area contributed by atoms with E-state index in [9.17, 15) is 8.78 Å². The predicted molar refractivity (Wildman–Crippen MR) is 49.0 cm³/mol. The van der Waals surface area contributed by atoms with Gasteiger partial charge in [-0.15, -0.1) is 0 Å². The zero-order valence-electron chi connectivity index (χ0n) is 8.00. The smallest absolute Gasteiger partial charge is 0.427 e. The Labute approximate surface area is 82.5 Å². The maximum atomic E-state index is 12.8. The van der Waals surface area contributed by atoms with Crippen molar-refractivity contribution in [2.45, 2.75) is 43.8 Å². The summed E-state index contributed by atoms with van der Waals surface area (Å²) in [6.45, 7) is 0. The molecule has 2 fully saturated rings. The molecule has 2 atom stereocenters. The van der Waals surface area contributed by atoms with Gasteiger partial charge in [-0.25, -0.2) is 8.78 Å². The summed E-state index contributed by atoms with van der Waals surface area (Å²) in [7, 11) is -1.25. The Morgan fingerprint density at radius 1 is 1.14 bits per heavy atom. The minimum absolute atomic E-state index is 0.0254. The van der Waals surface area contributed by atoms with Crippen molar-refractivity contribution in [2.24, 2.45) is 11.8 Å². The van der Waals surface area contributed by atoms with Gasteiger partial charge in [0.1, 0.15) is 0 Å². The molecule has 5 heteroatoms. The van der Waals surface area contributed by atoms with Crippen LogP contribution in [0.3, 0.4) is 0 Å². The van der Waals surface area contributed by atoms with Crippen LogP contribution in [0.5, 0.6) is 0 Å². The van der Waals surface area contributed by atoms with Crippen molar-refractivity contribution in [3.8, 4) is 0 Å². The van der Waals surface area contributed by atoms with Crippen molar-refractivity contribution in [3.05, 3.63) is 0 Å². The normalized spacial score (nSPS) is 36.9. The first-order chi connectivity index (χ1) is 6.49.